The Morgan fingerprint density at radius 1 is 1.36 bits per heavy atom. The molecule has 0 amide bonds. The summed E-state index contributed by atoms with van der Waals surface area (Å²) in [6.07, 6.45) is 1.88. The van der Waals surface area contributed by atoms with E-state index in [1.807, 2.05) is 12.1 Å². The van der Waals surface area contributed by atoms with Gasteiger partial charge in [-0.05, 0) is 41.0 Å². The molecular formula is C11H12BrNO. The maximum atomic E-state index is 5.70. The molecule has 0 aliphatic carbocycles. The lowest BCUT2D eigenvalue weighted by Gasteiger charge is -1.92. The maximum absolute atomic E-state index is 5.70. The highest BCUT2D eigenvalue weighted by Crippen LogP contribution is 2.27. The molecule has 0 aliphatic heterocycles. The smallest absolute Gasteiger partial charge is 0.148 e. The van der Waals surface area contributed by atoms with E-state index in [9.17, 15) is 0 Å². The van der Waals surface area contributed by atoms with E-state index in [1.165, 1.54) is 0 Å². The Morgan fingerprint density at radius 3 is 2.93 bits per heavy atom. The Kier molecular flexibility index (Phi) is 2.89. The summed E-state index contributed by atoms with van der Waals surface area (Å²) in [5.74, 6) is 1.01. The number of nitrogens with two attached hydrogens (primary N) is 1. The molecule has 2 nitrogen and oxygen atoms in total. The summed E-state index contributed by atoms with van der Waals surface area (Å²) in [6, 6.07) is 8.12. The van der Waals surface area contributed by atoms with Crippen molar-refractivity contribution >= 4 is 26.9 Å². The highest BCUT2D eigenvalue weighted by atomic mass is 79.9. The van der Waals surface area contributed by atoms with Crippen molar-refractivity contribution in [3.05, 3.63) is 34.5 Å². The monoisotopic (exact) mass is 253 g/mol. The van der Waals surface area contributed by atoms with Crippen molar-refractivity contribution in [2.45, 2.75) is 12.8 Å². The second-order valence-electron chi connectivity index (χ2n) is 3.26. The van der Waals surface area contributed by atoms with E-state index < -0.39 is 0 Å². The molecule has 2 rings (SSSR count). The molecule has 2 N–H and O–H groups in total. The minimum absolute atomic E-state index is 0.707. The van der Waals surface area contributed by atoms with Gasteiger partial charge in [0.15, 0.2) is 0 Å². The average Bonchev–Trinajstić information content (AvgIpc) is 2.59. The molecule has 2 aromatic rings. The van der Waals surface area contributed by atoms with Gasteiger partial charge in [-0.15, -0.1) is 0 Å². The summed E-state index contributed by atoms with van der Waals surface area (Å²) in [5, 5.41) is 1.14. The van der Waals surface area contributed by atoms with Gasteiger partial charge < -0.3 is 10.2 Å². The lowest BCUT2D eigenvalue weighted by atomic mass is 10.2. The topological polar surface area (TPSA) is 39.2 Å². The number of hydrogen-bond donors (Lipinski definition) is 1. The Labute approximate surface area is 91.2 Å². The number of para-hydroxylation sites is 1. The molecule has 0 saturated heterocycles. The summed E-state index contributed by atoms with van der Waals surface area (Å²) < 4.78 is 6.71. The molecule has 1 heterocycles. The Morgan fingerprint density at radius 2 is 2.21 bits per heavy atom. The standard InChI is InChI=1S/C11H12BrNO/c12-10-5-1-3-8-7-9(4-2-6-13)14-11(8)10/h1,3,5,7H,2,4,6,13H2. The molecule has 0 radical (unpaired) electrons. The predicted molar refractivity (Wildman–Crippen MR) is 61.3 cm³/mol. The van der Waals surface area contributed by atoms with Crippen molar-refractivity contribution in [3.8, 4) is 0 Å². The minimum atomic E-state index is 0.707. The van der Waals surface area contributed by atoms with Crippen LogP contribution >= 0.6 is 15.9 Å². The van der Waals surface area contributed by atoms with Gasteiger partial charge in [0.1, 0.15) is 11.3 Å². The number of furan rings is 1. The second kappa shape index (κ2) is 4.15. The van der Waals surface area contributed by atoms with Crippen molar-refractivity contribution in [1.82, 2.24) is 0 Å². The first-order chi connectivity index (χ1) is 6.81. The van der Waals surface area contributed by atoms with E-state index in [0.29, 0.717) is 6.54 Å². The van der Waals surface area contributed by atoms with Crippen molar-refractivity contribution < 1.29 is 4.42 Å². The summed E-state index contributed by atoms with van der Waals surface area (Å²) in [4.78, 5) is 0. The Hall–Kier alpha value is -0.800. The molecular weight excluding hydrogens is 242 g/mol. The zero-order valence-corrected chi connectivity index (χ0v) is 9.38. The van der Waals surface area contributed by atoms with Gasteiger partial charge in [-0.3, -0.25) is 0 Å². The third-order valence-electron chi connectivity index (χ3n) is 2.17. The van der Waals surface area contributed by atoms with Gasteiger partial charge in [0, 0.05) is 11.8 Å². The minimum Gasteiger partial charge on any atom is -0.460 e. The molecule has 0 spiro atoms. The molecule has 0 fully saturated rings. The van der Waals surface area contributed by atoms with Crippen LogP contribution in [0.25, 0.3) is 11.0 Å². The molecule has 74 valence electrons. The molecule has 1 aromatic carbocycles. The summed E-state index contributed by atoms with van der Waals surface area (Å²) >= 11 is 3.46. The first kappa shape index (κ1) is 9.74. The van der Waals surface area contributed by atoms with Crippen LogP contribution < -0.4 is 5.73 Å². The van der Waals surface area contributed by atoms with E-state index in [4.69, 9.17) is 10.2 Å². The second-order valence-corrected chi connectivity index (χ2v) is 4.12. The summed E-state index contributed by atoms with van der Waals surface area (Å²) in [5.41, 5.74) is 6.38. The first-order valence-corrected chi connectivity index (χ1v) is 5.47. The van der Waals surface area contributed by atoms with E-state index in [0.717, 1.165) is 34.0 Å². The average molecular weight is 254 g/mol. The molecule has 14 heavy (non-hydrogen) atoms. The largest absolute Gasteiger partial charge is 0.460 e. The zero-order chi connectivity index (χ0) is 9.97. The number of rotatable bonds is 3. The predicted octanol–water partition coefficient (Wildman–Crippen LogP) is 3.09. The van der Waals surface area contributed by atoms with E-state index in [-0.39, 0.29) is 0 Å². The maximum Gasteiger partial charge on any atom is 0.148 e. The van der Waals surface area contributed by atoms with Gasteiger partial charge in [-0.25, -0.2) is 0 Å². The number of halogens is 1. The zero-order valence-electron chi connectivity index (χ0n) is 7.79. The van der Waals surface area contributed by atoms with Crippen molar-refractivity contribution in [2.75, 3.05) is 6.54 Å². The number of benzene rings is 1. The Balaban J connectivity index is 2.36. The lowest BCUT2D eigenvalue weighted by Crippen LogP contribution is -1.99. The SMILES string of the molecule is NCCCc1cc2cccc(Br)c2o1. The van der Waals surface area contributed by atoms with Crippen molar-refractivity contribution in [3.63, 3.8) is 0 Å². The summed E-state index contributed by atoms with van der Waals surface area (Å²) in [7, 11) is 0. The number of hydrogen-bond acceptors (Lipinski definition) is 2. The van der Waals surface area contributed by atoms with Crippen LogP contribution in [0.2, 0.25) is 0 Å². The molecule has 0 aliphatic rings. The van der Waals surface area contributed by atoms with Gasteiger partial charge in [-0.2, -0.15) is 0 Å². The molecule has 0 bridgehead atoms. The molecule has 0 atom stereocenters. The van der Waals surface area contributed by atoms with Crippen molar-refractivity contribution in [2.24, 2.45) is 5.73 Å². The van der Waals surface area contributed by atoms with Crippen LogP contribution in [-0.4, -0.2) is 6.54 Å². The lowest BCUT2D eigenvalue weighted by molar-refractivity contribution is 0.539. The van der Waals surface area contributed by atoms with Crippen LogP contribution in [-0.2, 0) is 6.42 Å². The van der Waals surface area contributed by atoms with Crippen LogP contribution in [0, 0.1) is 0 Å². The highest BCUT2D eigenvalue weighted by molar-refractivity contribution is 9.10. The normalized spacial score (nSPS) is 11.0. The molecule has 0 unspecified atom stereocenters. The fourth-order valence-electron chi connectivity index (χ4n) is 1.48. The Bertz CT molecular complexity index is 436. The van der Waals surface area contributed by atoms with E-state index >= 15 is 0 Å². The van der Waals surface area contributed by atoms with Crippen LogP contribution in [0.1, 0.15) is 12.2 Å². The van der Waals surface area contributed by atoms with Gasteiger partial charge in [0.05, 0.1) is 4.47 Å². The number of fused-ring (bicyclic) bond motifs is 1. The fraction of sp³-hybridized carbons (Fsp3) is 0.273. The van der Waals surface area contributed by atoms with Crippen LogP contribution in [0.15, 0.2) is 33.2 Å². The fourth-order valence-corrected chi connectivity index (χ4v) is 1.94. The first-order valence-electron chi connectivity index (χ1n) is 4.68. The van der Waals surface area contributed by atoms with Gasteiger partial charge in [0.25, 0.3) is 0 Å². The van der Waals surface area contributed by atoms with Gasteiger partial charge in [-0.1, -0.05) is 12.1 Å². The van der Waals surface area contributed by atoms with Crippen molar-refractivity contribution in [1.29, 1.82) is 0 Å². The van der Waals surface area contributed by atoms with E-state index in [1.54, 1.807) is 0 Å². The summed E-state index contributed by atoms with van der Waals surface area (Å²) in [6.45, 7) is 0.707. The molecule has 1 aromatic heterocycles. The van der Waals surface area contributed by atoms with Gasteiger partial charge >= 0.3 is 0 Å². The quantitative estimate of drug-likeness (QED) is 0.914. The van der Waals surface area contributed by atoms with E-state index in [2.05, 4.69) is 28.1 Å². The molecule has 3 heteroatoms. The van der Waals surface area contributed by atoms with Crippen LogP contribution in [0.3, 0.4) is 0 Å². The molecule has 0 saturated carbocycles. The number of aryl methyl sites for hydroxylation is 1. The van der Waals surface area contributed by atoms with Gasteiger partial charge in [0.2, 0.25) is 0 Å². The third-order valence-corrected chi connectivity index (χ3v) is 2.80. The third kappa shape index (κ3) is 1.83. The van der Waals surface area contributed by atoms with Crippen LogP contribution in [0.4, 0.5) is 0 Å². The highest BCUT2D eigenvalue weighted by Gasteiger charge is 2.05. The van der Waals surface area contributed by atoms with Crippen LogP contribution in [0.5, 0.6) is 0 Å².